The van der Waals surface area contributed by atoms with Gasteiger partial charge in [0.15, 0.2) is 0 Å². The number of rotatable bonds is 5. The standard InChI is InChI=1S/C16H20N2O2/c1-10-8-13(16(17)19)5-6-14(10)9-18-12(3)15-7-4-11(2)20-15/h4-8,12,18H,9H2,1-3H3,(H2,17,19). The molecule has 1 aromatic heterocycles. The first-order valence-electron chi connectivity index (χ1n) is 6.66. The number of carbonyl (C=O) groups is 1. The fraction of sp³-hybridized carbons (Fsp3) is 0.312. The predicted octanol–water partition coefficient (Wildman–Crippen LogP) is 2.85. The van der Waals surface area contributed by atoms with Gasteiger partial charge < -0.3 is 15.5 Å². The van der Waals surface area contributed by atoms with Crippen molar-refractivity contribution in [3.8, 4) is 0 Å². The molecule has 1 atom stereocenters. The minimum atomic E-state index is -0.396. The highest BCUT2D eigenvalue weighted by Gasteiger charge is 2.10. The molecule has 3 N–H and O–H groups in total. The van der Waals surface area contributed by atoms with Gasteiger partial charge in [-0.3, -0.25) is 4.79 Å². The maximum absolute atomic E-state index is 11.1. The zero-order chi connectivity index (χ0) is 14.7. The largest absolute Gasteiger partial charge is 0.465 e. The topological polar surface area (TPSA) is 68.3 Å². The molecule has 0 saturated carbocycles. The molecule has 0 fully saturated rings. The number of benzene rings is 1. The lowest BCUT2D eigenvalue weighted by molar-refractivity contribution is 0.1000. The molecule has 0 aliphatic rings. The maximum atomic E-state index is 11.1. The molecule has 0 aliphatic carbocycles. The Labute approximate surface area is 119 Å². The highest BCUT2D eigenvalue weighted by Crippen LogP contribution is 2.17. The van der Waals surface area contributed by atoms with Gasteiger partial charge in [0.05, 0.1) is 6.04 Å². The normalized spacial score (nSPS) is 12.3. The summed E-state index contributed by atoms with van der Waals surface area (Å²) >= 11 is 0. The molecule has 1 aromatic carbocycles. The van der Waals surface area contributed by atoms with Gasteiger partial charge in [0.25, 0.3) is 0 Å². The molecular formula is C16H20N2O2. The van der Waals surface area contributed by atoms with Gasteiger partial charge in [-0.2, -0.15) is 0 Å². The Balaban J connectivity index is 2.02. The lowest BCUT2D eigenvalue weighted by Crippen LogP contribution is -2.18. The second-order valence-corrected chi connectivity index (χ2v) is 5.06. The molecule has 2 aromatic rings. The number of nitrogens with two attached hydrogens (primary N) is 1. The van der Waals surface area contributed by atoms with E-state index in [1.165, 1.54) is 0 Å². The van der Waals surface area contributed by atoms with Crippen molar-refractivity contribution >= 4 is 5.91 Å². The molecule has 1 amide bonds. The van der Waals surface area contributed by atoms with Gasteiger partial charge in [-0.05, 0) is 56.2 Å². The van der Waals surface area contributed by atoms with Gasteiger partial charge in [0.2, 0.25) is 5.91 Å². The summed E-state index contributed by atoms with van der Waals surface area (Å²) in [6, 6.07) is 9.59. The summed E-state index contributed by atoms with van der Waals surface area (Å²) in [6.45, 7) is 6.69. The number of hydrogen-bond donors (Lipinski definition) is 2. The van der Waals surface area contributed by atoms with Crippen molar-refractivity contribution in [1.82, 2.24) is 5.32 Å². The predicted molar refractivity (Wildman–Crippen MR) is 78.4 cm³/mol. The van der Waals surface area contributed by atoms with E-state index in [-0.39, 0.29) is 6.04 Å². The average molecular weight is 272 g/mol. The molecular weight excluding hydrogens is 252 g/mol. The monoisotopic (exact) mass is 272 g/mol. The third-order valence-electron chi connectivity index (χ3n) is 3.41. The molecule has 0 radical (unpaired) electrons. The molecule has 0 saturated heterocycles. The summed E-state index contributed by atoms with van der Waals surface area (Å²) < 4.78 is 5.59. The van der Waals surface area contributed by atoms with E-state index in [0.29, 0.717) is 12.1 Å². The van der Waals surface area contributed by atoms with E-state index in [1.54, 1.807) is 6.07 Å². The second-order valence-electron chi connectivity index (χ2n) is 5.06. The van der Waals surface area contributed by atoms with Crippen LogP contribution in [-0.2, 0) is 6.54 Å². The van der Waals surface area contributed by atoms with Gasteiger partial charge in [-0.25, -0.2) is 0 Å². The van der Waals surface area contributed by atoms with Gasteiger partial charge in [0, 0.05) is 12.1 Å². The highest BCUT2D eigenvalue weighted by molar-refractivity contribution is 5.93. The molecule has 1 unspecified atom stereocenters. The zero-order valence-corrected chi connectivity index (χ0v) is 12.1. The van der Waals surface area contributed by atoms with Gasteiger partial charge in [-0.1, -0.05) is 6.07 Å². The Morgan fingerprint density at radius 3 is 2.60 bits per heavy atom. The van der Waals surface area contributed by atoms with Gasteiger partial charge >= 0.3 is 0 Å². The minimum Gasteiger partial charge on any atom is -0.465 e. The lowest BCUT2D eigenvalue weighted by Gasteiger charge is -2.13. The summed E-state index contributed by atoms with van der Waals surface area (Å²) in [5.74, 6) is 1.44. The average Bonchev–Trinajstić information content (AvgIpc) is 2.83. The van der Waals surface area contributed by atoms with Crippen LogP contribution < -0.4 is 11.1 Å². The Hall–Kier alpha value is -2.07. The number of furan rings is 1. The summed E-state index contributed by atoms with van der Waals surface area (Å²) in [5, 5.41) is 3.41. The van der Waals surface area contributed by atoms with Crippen LogP contribution in [0.3, 0.4) is 0 Å². The molecule has 2 rings (SSSR count). The zero-order valence-electron chi connectivity index (χ0n) is 12.1. The Morgan fingerprint density at radius 1 is 1.30 bits per heavy atom. The van der Waals surface area contributed by atoms with Crippen LogP contribution in [0.4, 0.5) is 0 Å². The number of nitrogens with one attached hydrogen (secondary N) is 1. The fourth-order valence-corrected chi connectivity index (χ4v) is 2.10. The Bertz CT molecular complexity index is 617. The van der Waals surface area contributed by atoms with Gasteiger partial charge in [0.1, 0.15) is 11.5 Å². The first kappa shape index (κ1) is 14.3. The molecule has 0 spiro atoms. The fourth-order valence-electron chi connectivity index (χ4n) is 2.10. The van der Waals surface area contributed by atoms with Crippen LogP contribution in [0.2, 0.25) is 0 Å². The lowest BCUT2D eigenvalue weighted by atomic mass is 10.0. The van der Waals surface area contributed by atoms with Crippen LogP contribution in [0, 0.1) is 13.8 Å². The van der Waals surface area contributed by atoms with Crippen molar-refractivity contribution < 1.29 is 9.21 Å². The molecule has 4 nitrogen and oxygen atoms in total. The molecule has 106 valence electrons. The van der Waals surface area contributed by atoms with Crippen LogP contribution in [0.1, 0.15) is 46.0 Å². The van der Waals surface area contributed by atoms with E-state index in [9.17, 15) is 4.79 Å². The molecule has 1 heterocycles. The van der Waals surface area contributed by atoms with E-state index in [0.717, 1.165) is 22.6 Å². The first-order valence-corrected chi connectivity index (χ1v) is 6.66. The van der Waals surface area contributed by atoms with E-state index in [1.807, 2.05) is 38.1 Å². The number of hydrogen-bond acceptors (Lipinski definition) is 3. The minimum absolute atomic E-state index is 0.138. The van der Waals surface area contributed by atoms with Crippen molar-refractivity contribution in [2.45, 2.75) is 33.4 Å². The SMILES string of the molecule is Cc1ccc(C(C)NCc2ccc(C(N)=O)cc2C)o1. The first-order chi connectivity index (χ1) is 9.47. The van der Waals surface area contributed by atoms with Gasteiger partial charge in [-0.15, -0.1) is 0 Å². The van der Waals surface area contributed by atoms with Crippen LogP contribution in [0.25, 0.3) is 0 Å². The second kappa shape index (κ2) is 5.92. The molecule has 4 heteroatoms. The van der Waals surface area contributed by atoms with Crippen LogP contribution >= 0.6 is 0 Å². The van der Waals surface area contributed by atoms with Crippen molar-refractivity contribution in [3.63, 3.8) is 0 Å². The van der Waals surface area contributed by atoms with Crippen molar-refractivity contribution in [1.29, 1.82) is 0 Å². The van der Waals surface area contributed by atoms with E-state index < -0.39 is 5.91 Å². The molecule has 0 bridgehead atoms. The Kier molecular flexibility index (Phi) is 4.25. The number of carbonyl (C=O) groups excluding carboxylic acids is 1. The van der Waals surface area contributed by atoms with E-state index >= 15 is 0 Å². The smallest absolute Gasteiger partial charge is 0.248 e. The van der Waals surface area contributed by atoms with Crippen molar-refractivity contribution in [2.75, 3.05) is 0 Å². The van der Waals surface area contributed by atoms with Crippen LogP contribution in [0.15, 0.2) is 34.7 Å². The number of aryl methyl sites for hydroxylation is 2. The summed E-state index contributed by atoms with van der Waals surface area (Å²) in [7, 11) is 0. The maximum Gasteiger partial charge on any atom is 0.248 e. The van der Waals surface area contributed by atoms with E-state index in [4.69, 9.17) is 10.2 Å². The quantitative estimate of drug-likeness (QED) is 0.879. The molecule has 0 aliphatic heterocycles. The summed E-state index contributed by atoms with van der Waals surface area (Å²) in [5.41, 5.74) is 8.00. The van der Waals surface area contributed by atoms with Crippen LogP contribution in [-0.4, -0.2) is 5.91 Å². The third kappa shape index (κ3) is 3.27. The summed E-state index contributed by atoms with van der Waals surface area (Å²) in [6.07, 6.45) is 0. The Morgan fingerprint density at radius 2 is 2.05 bits per heavy atom. The number of primary amides is 1. The molecule has 20 heavy (non-hydrogen) atoms. The van der Waals surface area contributed by atoms with E-state index in [2.05, 4.69) is 12.2 Å². The highest BCUT2D eigenvalue weighted by atomic mass is 16.3. The summed E-state index contributed by atoms with van der Waals surface area (Å²) in [4.78, 5) is 11.1. The number of amides is 1. The van der Waals surface area contributed by atoms with Crippen molar-refractivity contribution in [3.05, 3.63) is 58.5 Å². The van der Waals surface area contributed by atoms with Crippen molar-refractivity contribution in [2.24, 2.45) is 5.73 Å². The van der Waals surface area contributed by atoms with Crippen LogP contribution in [0.5, 0.6) is 0 Å². The third-order valence-corrected chi connectivity index (χ3v) is 3.41.